The Bertz CT molecular complexity index is 4660. The first-order chi connectivity index (χ1) is 36.6. The monoisotopic (exact) mass is 936 g/mol. The summed E-state index contributed by atoms with van der Waals surface area (Å²) >= 11 is 0. The molecular formula is C70H40N4. The van der Waals surface area contributed by atoms with Gasteiger partial charge in [-0.2, -0.15) is 10.5 Å². The van der Waals surface area contributed by atoms with Crippen LogP contribution in [0.2, 0.25) is 0 Å². The summed E-state index contributed by atoms with van der Waals surface area (Å²) in [7, 11) is 0. The molecule has 0 aliphatic rings. The fraction of sp³-hybridized carbons (Fsp3) is 0. The fourth-order valence-corrected chi connectivity index (χ4v) is 11.4. The largest absolute Gasteiger partial charge is 0.227 e. The van der Waals surface area contributed by atoms with E-state index in [4.69, 9.17) is 9.97 Å². The van der Waals surface area contributed by atoms with Crippen LogP contribution in [-0.4, -0.2) is 9.97 Å². The van der Waals surface area contributed by atoms with Crippen LogP contribution in [-0.2, 0) is 0 Å². The molecule has 1 aromatic heterocycles. The van der Waals surface area contributed by atoms with Crippen LogP contribution in [0.15, 0.2) is 243 Å². The van der Waals surface area contributed by atoms with Crippen molar-refractivity contribution in [3.8, 4) is 79.3 Å². The molecule has 14 aromatic rings. The molecule has 4 nitrogen and oxygen atoms in total. The van der Waals surface area contributed by atoms with Gasteiger partial charge in [-0.1, -0.05) is 206 Å². The van der Waals surface area contributed by atoms with E-state index in [2.05, 4.69) is 206 Å². The molecule has 340 valence electrons. The lowest BCUT2D eigenvalue weighted by atomic mass is 9.88. The minimum Gasteiger partial charge on any atom is -0.227 e. The number of nitriles is 2. The Hall–Kier alpha value is -10.3. The van der Waals surface area contributed by atoms with Crippen molar-refractivity contribution in [2.45, 2.75) is 0 Å². The van der Waals surface area contributed by atoms with Crippen molar-refractivity contribution in [3.63, 3.8) is 0 Å². The van der Waals surface area contributed by atoms with E-state index in [1.54, 1.807) is 0 Å². The van der Waals surface area contributed by atoms with Crippen LogP contribution in [0, 0.1) is 22.7 Å². The summed E-state index contributed by atoms with van der Waals surface area (Å²) in [6.45, 7) is 0. The molecule has 0 fully saturated rings. The summed E-state index contributed by atoms with van der Waals surface area (Å²) in [5, 5.41) is 35.5. The van der Waals surface area contributed by atoms with Crippen molar-refractivity contribution in [1.82, 2.24) is 9.97 Å². The van der Waals surface area contributed by atoms with Crippen molar-refractivity contribution in [2.75, 3.05) is 0 Å². The molecule has 0 saturated carbocycles. The van der Waals surface area contributed by atoms with Gasteiger partial charge in [0.2, 0.25) is 0 Å². The van der Waals surface area contributed by atoms with Crippen LogP contribution in [0.4, 0.5) is 0 Å². The molecule has 0 saturated heterocycles. The number of hydrogen-bond donors (Lipinski definition) is 0. The minimum absolute atomic E-state index is 0.585. The highest BCUT2D eigenvalue weighted by atomic mass is 14.9. The van der Waals surface area contributed by atoms with E-state index in [9.17, 15) is 10.5 Å². The zero-order valence-corrected chi connectivity index (χ0v) is 39.9. The zero-order chi connectivity index (χ0) is 49.3. The molecule has 0 radical (unpaired) electrons. The molecule has 0 amide bonds. The first-order valence-corrected chi connectivity index (χ1v) is 24.8. The normalized spacial score (nSPS) is 11.5. The molecule has 74 heavy (non-hydrogen) atoms. The van der Waals surface area contributed by atoms with E-state index in [0.29, 0.717) is 17.0 Å². The summed E-state index contributed by atoms with van der Waals surface area (Å²) in [4.78, 5) is 11.1. The lowest BCUT2D eigenvalue weighted by molar-refractivity contribution is 1.23. The topological polar surface area (TPSA) is 73.4 Å². The number of nitrogens with zero attached hydrogens (tertiary/aromatic N) is 4. The van der Waals surface area contributed by atoms with Gasteiger partial charge in [0.1, 0.15) is 0 Å². The Kier molecular flexibility index (Phi) is 9.93. The average molecular weight is 937 g/mol. The van der Waals surface area contributed by atoms with Crippen LogP contribution in [0.1, 0.15) is 11.1 Å². The van der Waals surface area contributed by atoms with Gasteiger partial charge in [0.05, 0.1) is 34.5 Å². The smallest absolute Gasteiger partial charge is 0.160 e. The number of benzene rings is 13. The number of hydrogen-bond acceptors (Lipinski definition) is 4. The van der Waals surface area contributed by atoms with Gasteiger partial charge in [0.15, 0.2) is 5.82 Å². The van der Waals surface area contributed by atoms with E-state index in [0.717, 1.165) is 72.2 Å². The molecule has 0 N–H and O–H groups in total. The van der Waals surface area contributed by atoms with Gasteiger partial charge in [-0.05, 0) is 140 Å². The predicted octanol–water partition coefficient (Wildman–Crippen LogP) is 18.3. The number of fused-ring (bicyclic) bond motifs is 13. The van der Waals surface area contributed by atoms with E-state index in [1.807, 2.05) is 48.5 Å². The van der Waals surface area contributed by atoms with Gasteiger partial charge in [-0.15, -0.1) is 0 Å². The fourth-order valence-electron chi connectivity index (χ4n) is 11.4. The quantitative estimate of drug-likeness (QED) is 0.156. The maximum atomic E-state index is 10.1. The number of rotatable bonds is 6. The first kappa shape index (κ1) is 42.6. The van der Waals surface area contributed by atoms with Crippen LogP contribution in [0.5, 0.6) is 0 Å². The Labute approximate surface area is 426 Å². The van der Waals surface area contributed by atoms with Crippen LogP contribution in [0.3, 0.4) is 0 Å². The first-order valence-electron chi connectivity index (χ1n) is 24.8. The Morgan fingerprint density at radius 1 is 0.243 bits per heavy atom. The summed E-state index contributed by atoms with van der Waals surface area (Å²) in [6, 6.07) is 90.0. The maximum Gasteiger partial charge on any atom is 0.160 e. The van der Waals surface area contributed by atoms with Crippen molar-refractivity contribution in [3.05, 3.63) is 254 Å². The standard InChI is InChI=1S/C70H40N4/c71-41-49-13-1-3-15-52(49)43-25-29-45(30-26-43)68-67-40-51(47-33-35-62-58-21-7-5-17-54(58)56-19-9-11-23-60(56)65(62)37-47)39-64(48-34-36-63-59-22-8-6-18-55(59)57-20-10-12-24-61(57)66(63)38-48)69(67)74-70(73-68)46-31-27-44(28-32-46)53-16-4-2-14-50(53)42-72/h1-40H. The predicted molar refractivity (Wildman–Crippen MR) is 307 cm³/mol. The van der Waals surface area contributed by atoms with Gasteiger partial charge in [-0.25, -0.2) is 9.97 Å². The van der Waals surface area contributed by atoms with Crippen molar-refractivity contribution in [1.29, 1.82) is 10.5 Å². The van der Waals surface area contributed by atoms with Crippen LogP contribution in [0.25, 0.3) is 143 Å². The van der Waals surface area contributed by atoms with Gasteiger partial charge >= 0.3 is 0 Å². The third-order valence-corrected chi connectivity index (χ3v) is 15.0. The van der Waals surface area contributed by atoms with Gasteiger partial charge < -0.3 is 0 Å². The molecule has 0 spiro atoms. The molecule has 0 atom stereocenters. The van der Waals surface area contributed by atoms with Crippen LogP contribution >= 0.6 is 0 Å². The Morgan fingerprint density at radius 3 is 1.07 bits per heavy atom. The van der Waals surface area contributed by atoms with E-state index in [-0.39, 0.29) is 0 Å². The third-order valence-electron chi connectivity index (χ3n) is 15.0. The van der Waals surface area contributed by atoms with Crippen molar-refractivity contribution >= 4 is 75.5 Å². The third kappa shape index (κ3) is 6.90. The second kappa shape index (κ2) is 17.3. The summed E-state index contributed by atoms with van der Waals surface area (Å²) in [5.74, 6) is 0.585. The molecule has 14 rings (SSSR count). The molecule has 4 heteroatoms. The van der Waals surface area contributed by atoms with E-state index >= 15 is 0 Å². The van der Waals surface area contributed by atoms with Crippen molar-refractivity contribution < 1.29 is 0 Å². The lowest BCUT2D eigenvalue weighted by Crippen LogP contribution is -1.98. The second-order valence-corrected chi connectivity index (χ2v) is 19.0. The Morgan fingerprint density at radius 2 is 0.595 bits per heavy atom. The average Bonchev–Trinajstić information content (AvgIpc) is 3.49. The van der Waals surface area contributed by atoms with Gasteiger partial charge in [-0.3, -0.25) is 0 Å². The summed E-state index contributed by atoms with van der Waals surface area (Å²) in [6.07, 6.45) is 0. The SMILES string of the molecule is N#Cc1ccccc1-c1ccc(-c2nc(-c3ccc(-c4ccccc4C#N)cc3)c3cc(-c4ccc5c6ccccc6c6ccccc6c5c4)cc(-c4ccc5c6ccccc6c6ccccc6c5c4)c3n2)cc1. The van der Waals surface area contributed by atoms with Crippen molar-refractivity contribution in [2.24, 2.45) is 0 Å². The highest BCUT2D eigenvalue weighted by Gasteiger charge is 2.21. The van der Waals surface area contributed by atoms with Gasteiger partial charge in [0, 0.05) is 22.1 Å². The highest BCUT2D eigenvalue weighted by molar-refractivity contribution is 6.27. The molecule has 0 unspecified atom stereocenters. The summed E-state index contributed by atoms with van der Waals surface area (Å²) < 4.78 is 0. The van der Waals surface area contributed by atoms with E-state index in [1.165, 1.54) is 64.6 Å². The lowest BCUT2D eigenvalue weighted by Gasteiger charge is -2.17. The molecule has 1 heterocycles. The summed E-state index contributed by atoms with van der Waals surface area (Å²) in [5.41, 5.74) is 12.5. The molecule has 0 aliphatic carbocycles. The van der Waals surface area contributed by atoms with Gasteiger partial charge in [0.25, 0.3) is 0 Å². The minimum atomic E-state index is 0.585. The maximum absolute atomic E-state index is 10.1. The number of aromatic nitrogens is 2. The highest BCUT2D eigenvalue weighted by Crippen LogP contribution is 2.44. The molecule has 0 aliphatic heterocycles. The van der Waals surface area contributed by atoms with E-state index < -0.39 is 0 Å². The second-order valence-electron chi connectivity index (χ2n) is 19.0. The molecule has 0 bridgehead atoms. The molecule has 13 aromatic carbocycles. The zero-order valence-electron chi connectivity index (χ0n) is 39.9. The molecular weight excluding hydrogens is 897 g/mol. The van der Waals surface area contributed by atoms with Crippen LogP contribution < -0.4 is 0 Å². The Balaban J connectivity index is 1.06.